The molecule has 3 aromatic carbocycles. The van der Waals surface area contributed by atoms with E-state index in [2.05, 4.69) is 82.1 Å². The van der Waals surface area contributed by atoms with Crippen LogP contribution in [0.1, 0.15) is 17.2 Å². The number of aromatic nitrogens is 3. The predicted molar refractivity (Wildman–Crippen MR) is 115 cm³/mol. The van der Waals surface area contributed by atoms with Crippen molar-refractivity contribution in [3.8, 4) is 16.9 Å². The SMILES string of the molecule is COc1ccc([C@@H]2C=C(c3ccc(-c4ccccc4)cc3)Nc3ncnn32)cc1. The van der Waals surface area contributed by atoms with Gasteiger partial charge in [0.15, 0.2) is 0 Å². The Hall–Kier alpha value is -3.86. The lowest BCUT2D eigenvalue weighted by molar-refractivity contribution is 0.414. The first-order valence-corrected chi connectivity index (χ1v) is 9.50. The monoisotopic (exact) mass is 380 g/mol. The summed E-state index contributed by atoms with van der Waals surface area (Å²) in [5.74, 6) is 1.57. The smallest absolute Gasteiger partial charge is 0.226 e. The van der Waals surface area contributed by atoms with Gasteiger partial charge in [0.1, 0.15) is 18.1 Å². The first-order valence-electron chi connectivity index (χ1n) is 9.50. The van der Waals surface area contributed by atoms with E-state index in [-0.39, 0.29) is 6.04 Å². The Morgan fingerprint density at radius 2 is 1.52 bits per heavy atom. The van der Waals surface area contributed by atoms with Gasteiger partial charge in [-0.2, -0.15) is 10.1 Å². The summed E-state index contributed by atoms with van der Waals surface area (Å²) in [7, 11) is 1.67. The number of nitrogens with zero attached hydrogens (tertiary/aromatic N) is 3. The van der Waals surface area contributed by atoms with E-state index >= 15 is 0 Å². The Morgan fingerprint density at radius 1 is 0.828 bits per heavy atom. The predicted octanol–water partition coefficient (Wildman–Crippen LogP) is 5.01. The maximum Gasteiger partial charge on any atom is 0.226 e. The van der Waals surface area contributed by atoms with Gasteiger partial charge >= 0.3 is 0 Å². The fourth-order valence-corrected chi connectivity index (χ4v) is 3.61. The standard InChI is InChI=1S/C24H20N4O/c1-29-21-13-11-20(12-14-21)23-15-22(27-24-25-16-26-28(23)24)19-9-7-18(8-10-19)17-5-3-2-4-6-17/h2-16,23H,1H3,(H,25,26,27)/t23-/m0/s1. The highest BCUT2D eigenvalue weighted by atomic mass is 16.5. The Labute approximate surface area is 169 Å². The topological polar surface area (TPSA) is 52.0 Å². The minimum atomic E-state index is -0.0385. The zero-order valence-corrected chi connectivity index (χ0v) is 16.0. The number of nitrogens with one attached hydrogen (secondary N) is 1. The summed E-state index contributed by atoms with van der Waals surface area (Å²) >= 11 is 0. The van der Waals surface area contributed by atoms with Crippen LogP contribution in [-0.4, -0.2) is 21.9 Å². The van der Waals surface area contributed by atoms with Crippen molar-refractivity contribution in [1.82, 2.24) is 14.8 Å². The molecular weight excluding hydrogens is 360 g/mol. The summed E-state index contributed by atoms with van der Waals surface area (Å²) < 4.78 is 7.18. The number of fused-ring (bicyclic) bond motifs is 1. The van der Waals surface area contributed by atoms with Crippen LogP contribution < -0.4 is 10.1 Å². The molecule has 0 aliphatic carbocycles. The van der Waals surface area contributed by atoms with E-state index < -0.39 is 0 Å². The molecule has 1 N–H and O–H groups in total. The number of methoxy groups -OCH3 is 1. The van der Waals surface area contributed by atoms with Crippen LogP contribution in [0.3, 0.4) is 0 Å². The van der Waals surface area contributed by atoms with E-state index in [9.17, 15) is 0 Å². The highest BCUT2D eigenvalue weighted by molar-refractivity contribution is 5.78. The molecule has 5 heteroatoms. The van der Waals surface area contributed by atoms with Crippen molar-refractivity contribution in [2.24, 2.45) is 0 Å². The molecular formula is C24H20N4O. The van der Waals surface area contributed by atoms with Crippen molar-refractivity contribution < 1.29 is 4.74 Å². The minimum absolute atomic E-state index is 0.0385. The summed E-state index contributed by atoms with van der Waals surface area (Å²) in [6.45, 7) is 0. The van der Waals surface area contributed by atoms with Crippen molar-refractivity contribution in [3.63, 3.8) is 0 Å². The van der Waals surface area contributed by atoms with Gasteiger partial charge in [-0.1, -0.05) is 66.7 Å². The lowest BCUT2D eigenvalue weighted by Gasteiger charge is -2.24. The summed E-state index contributed by atoms with van der Waals surface area (Å²) in [5, 5.41) is 7.81. The lowest BCUT2D eigenvalue weighted by atomic mass is 9.99. The Balaban J connectivity index is 1.50. The number of rotatable bonds is 4. The molecule has 1 aliphatic rings. The van der Waals surface area contributed by atoms with Crippen LogP contribution in [-0.2, 0) is 0 Å². The minimum Gasteiger partial charge on any atom is -0.497 e. The molecule has 29 heavy (non-hydrogen) atoms. The van der Waals surface area contributed by atoms with Crippen molar-refractivity contribution in [1.29, 1.82) is 0 Å². The molecule has 0 spiro atoms. The zero-order valence-electron chi connectivity index (χ0n) is 16.0. The zero-order chi connectivity index (χ0) is 19.6. The number of anilines is 1. The van der Waals surface area contributed by atoms with Gasteiger partial charge in [0.2, 0.25) is 5.95 Å². The molecule has 142 valence electrons. The third-order valence-electron chi connectivity index (χ3n) is 5.17. The van der Waals surface area contributed by atoms with E-state index in [1.165, 1.54) is 11.1 Å². The lowest BCUT2D eigenvalue weighted by Crippen LogP contribution is -2.20. The largest absolute Gasteiger partial charge is 0.497 e. The third kappa shape index (κ3) is 3.27. The molecule has 0 unspecified atom stereocenters. The van der Waals surface area contributed by atoms with Crippen molar-refractivity contribution >= 4 is 11.6 Å². The molecule has 0 bridgehead atoms. The number of hydrogen-bond acceptors (Lipinski definition) is 4. The van der Waals surface area contributed by atoms with E-state index in [4.69, 9.17) is 4.74 Å². The van der Waals surface area contributed by atoms with Gasteiger partial charge in [0, 0.05) is 5.70 Å². The number of allylic oxidation sites excluding steroid dienone is 1. The Bertz CT molecular complexity index is 1150. The first kappa shape index (κ1) is 17.3. The summed E-state index contributed by atoms with van der Waals surface area (Å²) in [6, 6.07) is 27.0. The van der Waals surface area contributed by atoms with Crippen LogP contribution >= 0.6 is 0 Å². The van der Waals surface area contributed by atoms with Gasteiger partial charge < -0.3 is 10.1 Å². The molecule has 5 nitrogen and oxygen atoms in total. The average Bonchev–Trinajstić information content (AvgIpc) is 3.28. The van der Waals surface area contributed by atoms with Crippen molar-refractivity contribution in [3.05, 3.63) is 102 Å². The molecule has 5 rings (SSSR count). The molecule has 1 aliphatic heterocycles. The second kappa shape index (κ2) is 7.28. The molecule has 2 heterocycles. The van der Waals surface area contributed by atoms with Crippen LogP contribution in [0.15, 0.2) is 91.3 Å². The van der Waals surface area contributed by atoms with Gasteiger partial charge in [-0.3, -0.25) is 0 Å². The van der Waals surface area contributed by atoms with Crippen LogP contribution in [0.5, 0.6) is 5.75 Å². The molecule has 0 amide bonds. The normalized spacial score (nSPS) is 15.2. The van der Waals surface area contributed by atoms with E-state index in [1.807, 2.05) is 22.9 Å². The number of hydrogen-bond donors (Lipinski definition) is 1. The summed E-state index contributed by atoms with van der Waals surface area (Å²) in [5.41, 5.74) is 5.65. The third-order valence-corrected chi connectivity index (χ3v) is 5.17. The van der Waals surface area contributed by atoms with Crippen LogP contribution in [0, 0.1) is 0 Å². The Kier molecular flexibility index (Phi) is 4.33. The second-order valence-electron chi connectivity index (χ2n) is 6.89. The van der Waals surface area contributed by atoms with E-state index in [0.717, 1.165) is 28.5 Å². The number of benzene rings is 3. The molecule has 1 atom stereocenters. The molecule has 0 saturated heterocycles. The fraction of sp³-hybridized carbons (Fsp3) is 0.0833. The highest BCUT2D eigenvalue weighted by Gasteiger charge is 2.23. The maximum atomic E-state index is 5.29. The van der Waals surface area contributed by atoms with Crippen LogP contribution in [0.25, 0.3) is 16.8 Å². The Morgan fingerprint density at radius 3 is 2.24 bits per heavy atom. The van der Waals surface area contributed by atoms with Crippen molar-refractivity contribution in [2.45, 2.75) is 6.04 Å². The van der Waals surface area contributed by atoms with Crippen molar-refractivity contribution in [2.75, 3.05) is 12.4 Å². The first-order chi connectivity index (χ1) is 14.3. The molecule has 4 aromatic rings. The van der Waals surface area contributed by atoms with Gasteiger partial charge in [0.25, 0.3) is 0 Å². The summed E-state index contributed by atoms with van der Waals surface area (Å²) in [4.78, 5) is 4.38. The highest BCUT2D eigenvalue weighted by Crippen LogP contribution is 2.33. The van der Waals surface area contributed by atoms with Crippen LogP contribution in [0.2, 0.25) is 0 Å². The maximum absolute atomic E-state index is 5.29. The fourth-order valence-electron chi connectivity index (χ4n) is 3.61. The van der Waals surface area contributed by atoms with Gasteiger partial charge in [-0.05, 0) is 40.5 Å². The van der Waals surface area contributed by atoms with Gasteiger partial charge in [-0.25, -0.2) is 4.68 Å². The van der Waals surface area contributed by atoms with E-state index in [0.29, 0.717) is 0 Å². The van der Waals surface area contributed by atoms with Crippen LogP contribution in [0.4, 0.5) is 5.95 Å². The summed E-state index contributed by atoms with van der Waals surface area (Å²) in [6.07, 6.45) is 3.76. The molecule has 1 aromatic heterocycles. The van der Waals surface area contributed by atoms with Gasteiger partial charge in [-0.15, -0.1) is 0 Å². The quantitative estimate of drug-likeness (QED) is 0.541. The molecule has 0 fully saturated rings. The second-order valence-corrected chi connectivity index (χ2v) is 6.89. The molecule has 0 saturated carbocycles. The van der Waals surface area contributed by atoms with E-state index in [1.54, 1.807) is 13.4 Å². The number of ether oxygens (including phenoxy) is 1. The van der Waals surface area contributed by atoms with Gasteiger partial charge in [0.05, 0.1) is 7.11 Å². The molecule has 0 radical (unpaired) electrons. The average molecular weight is 380 g/mol.